The number of alkyl halides is 7. The lowest BCUT2D eigenvalue weighted by atomic mass is 10.0. The monoisotopic (exact) mass is 659 g/mol. The van der Waals surface area contributed by atoms with Gasteiger partial charge in [-0.2, -0.15) is 30.7 Å². The Balaban J connectivity index is 2.08. The molecule has 3 aromatic rings. The molecule has 12 nitrogen and oxygen atoms in total. The van der Waals surface area contributed by atoms with Gasteiger partial charge in [0.2, 0.25) is 11.1 Å². The van der Waals surface area contributed by atoms with E-state index in [9.17, 15) is 50.7 Å². The summed E-state index contributed by atoms with van der Waals surface area (Å²) in [6.07, 6.45) is -6.58. The van der Waals surface area contributed by atoms with E-state index < -0.39 is 68.3 Å². The number of halogens is 8. The average Bonchev–Trinajstić information content (AvgIpc) is 3.33. The molecule has 0 aliphatic carbocycles. The summed E-state index contributed by atoms with van der Waals surface area (Å²) in [6, 6.07) is 1.02. The maximum Gasteiger partial charge on any atom is 0.460 e. The standard InChI is InChI=1S/C23H21F8N7O5S/c1-20(2,40)10-43-5-3-4-37-19(34-35-36-37)44-17-13(7-12(38(41)42)8-14(17)18(32)39)16-15(24)6-11(9-33-16)21(25,26)22(27,28)23(29,30)31/h6-9,40H,3-5,10H2,1-2H3,(H2,32,39). The number of aromatic nitrogens is 5. The van der Waals surface area contributed by atoms with Gasteiger partial charge in [0.25, 0.3) is 5.69 Å². The maximum atomic E-state index is 15.2. The van der Waals surface area contributed by atoms with Crippen molar-refractivity contribution in [3.63, 3.8) is 0 Å². The summed E-state index contributed by atoms with van der Waals surface area (Å²) in [4.78, 5) is 25.7. The number of nitrogens with zero attached hydrogens (tertiary/aromatic N) is 6. The normalized spacial score (nSPS) is 12.9. The largest absolute Gasteiger partial charge is 0.460 e. The van der Waals surface area contributed by atoms with E-state index in [2.05, 4.69) is 20.5 Å². The molecule has 21 heteroatoms. The third-order valence-corrected chi connectivity index (χ3v) is 6.68. The Morgan fingerprint density at radius 3 is 2.36 bits per heavy atom. The van der Waals surface area contributed by atoms with E-state index in [1.54, 1.807) is 0 Å². The van der Waals surface area contributed by atoms with Gasteiger partial charge in [-0.15, -0.1) is 5.10 Å². The molecule has 2 aromatic heterocycles. The minimum atomic E-state index is -6.71. The van der Waals surface area contributed by atoms with Gasteiger partial charge in [-0.1, -0.05) is 0 Å². The third kappa shape index (κ3) is 7.38. The molecule has 0 atom stereocenters. The first-order valence-electron chi connectivity index (χ1n) is 12.0. The van der Waals surface area contributed by atoms with Gasteiger partial charge in [-0.25, -0.2) is 9.07 Å². The van der Waals surface area contributed by atoms with Gasteiger partial charge in [0.05, 0.1) is 22.7 Å². The first-order chi connectivity index (χ1) is 20.2. The van der Waals surface area contributed by atoms with Crippen molar-refractivity contribution < 1.29 is 54.7 Å². The molecule has 0 radical (unpaired) electrons. The quantitative estimate of drug-likeness (QED) is 0.115. The summed E-state index contributed by atoms with van der Waals surface area (Å²) in [7, 11) is 0. The summed E-state index contributed by atoms with van der Waals surface area (Å²) in [5, 5.41) is 32.1. The van der Waals surface area contributed by atoms with E-state index in [-0.39, 0.29) is 42.1 Å². The molecule has 0 bridgehead atoms. The minimum absolute atomic E-state index is 0.00940. The SMILES string of the molecule is CC(C)(O)COCCCn1nnnc1Sc1c(C(N)=O)cc([N+](=O)[O-])cc1-c1ncc(C(F)(F)C(F)(F)C(F)(F)F)cc1F. The molecule has 1 amide bonds. The van der Waals surface area contributed by atoms with Crippen LogP contribution in [0.15, 0.2) is 34.4 Å². The number of ether oxygens (including phenoxy) is 1. The number of carbonyl (C=O) groups is 1. The van der Waals surface area contributed by atoms with Gasteiger partial charge in [0.15, 0.2) is 0 Å². The van der Waals surface area contributed by atoms with Crippen LogP contribution in [0.2, 0.25) is 0 Å². The molecule has 240 valence electrons. The van der Waals surface area contributed by atoms with Crippen LogP contribution < -0.4 is 5.73 Å². The highest BCUT2D eigenvalue weighted by Gasteiger charge is 2.73. The van der Waals surface area contributed by atoms with Crippen molar-refractivity contribution in [3.05, 3.63) is 51.5 Å². The molecular formula is C23H21F8N7O5S. The number of nitro groups is 1. The van der Waals surface area contributed by atoms with Gasteiger partial charge in [-0.05, 0) is 48.5 Å². The lowest BCUT2D eigenvalue weighted by molar-refractivity contribution is -0.384. The molecule has 1 aromatic carbocycles. The van der Waals surface area contributed by atoms with Crippen LogP contribution >= 0.6 is 11.8 Å². The van der Waals surface area contributed by atoms with Crippen molar-refractivity contribution in [2.75, 3.05) is 13.2 Å². The third-order valence-electron chi connectivity index (χ3n) is 5.57. The topological polar surface area (TPSA) is 172 Å². The molecule has 3 N–H and O–H groups in total. The zero-order valence-electron chi connectivity index (χ0n) is 22.4. The first-order valence-corrected chi connectivity index (χ1v) is 12.8. The Labute approximate surface area is 245 Å². The Hall–Kier alpha value is -3.98. The lowest BCUT2D eigenvalue weighted by Gasteiger charge is -2.28. The Morgan fingerprint density at radius 1 is 1.16 bits per heavy atom. The molecule has 0 saturated heterocycles. The molecule has 2 heterocycles. The first kappa shape index (κ1) is 34.5. The zero-order valence-corrected chi connectivity index (χ0v) is 23.2. The fourth-order valence-corrected chi connectivity index (χ4v) is 4.52. The van der Waals surface area contributed by atoms with Gasteiger partial charge in [0, 0.05) is 47.5 Å². The number of hydrogen-bond donors (Lipinski definition) is 2. The van der Waals surface area contributed by atoms with Crippen molar-refractivity contribution in [2.24, 2.45) is 5.73 Å². The fraction of sp³-hybridized carbons (Fsp3) is 0.435. The Morgan fingerprint density at radius 2 is 1.82 bits per heavy atom. The Bertz CT molecular complexity index is 1550. The second kappa shape index (κ2) is 12.6. The van der Waals surface area contributed by atoms with Crippen LogP contribution in [0.5, 0.6) is 0 Å². The van der Waals surface area contributed by atoms with E-state index in [4.69, 9.17) is 10.5 Å². The molecule has 0 unspecified atom stereocenters. The summed E-state index contributed by atoms with van der Waals surface area (Å²) in [5.74, 6) is -15.8. The van der Waals surface area contributed by atoms with Crippen LogP contribution in [0, 0.1) is 15.9 Å². The highest BCUT2D eigenvalue weighted by Crippen LogP contribution is 2.52. The molecular weight excluding hydrogens is 638 g/mol. The van der Waals surface area contributed by atoms with E-state index >= 15 is 4.39 Å². The number of non-ortho nitro benzene ring substituents is 1. The summed E-state index contributed by atoms with van der Waals surface area (Å²) >= 11 is 0.511. The second-order valence-corrected chi connectivity index (χ2v) is 10.7. The Kier molecular flexibility index (Phi) is 9.85. The number of primary amides is 1. The molecule has 3 rings (SSSR count). The number of nitrogens with two attached hydrogens (primary N) is 1. The predicted molar refractivity (Wildman–Crippen MR) is 133 cm³/mol. The zero-order chi connectivity index (χ0) is 33.3. The van der Waals surface area contributed by atoms with Crippen molar-refractivity contribution in [1.82, 2.24) is 25.2 Å². The van der Waals surface area contributed by atoms with E-state index in [1.165, 1.54) is 18.5 Å². The molecule has 44 heavy (non-hydrogen) atoms. The molecule has 0 aliphatic heterocycles. The van der Waals surface area contributed by atoms with Gasteiger partial charge in [0.1, 0.15) is 11.5 Å². The van der Waals surface area contributed by atoms with Crippen LogP contribution in [0.25, 0.3) is 11.3 Å². The van der Waals surface area contributed by atoms with Crippen LogP contribution in [0.3, 0.4) is 0 Å². The number of aliphatic hydroxyl groups is 1. The molecule has 0 spiro atoms. The van der Waals surface area contributed by atoms with Crippen LogP contribution in [0.4, 0.5) is 40.8 Å². The van der Waals surface area contributed by atoms with Crippen molar-refractivity contribution >= 4 is 23.4 Å². The second-order valence-electron chi connectivity index (χ2n) is 9.70. The van der Waals surface area contributed by atoms with Crippen molar-refractivity contribution in [2.45, 2.75) is 60.5 Å². The molecule has 0 aliphatic rings. The van der Waals surface area contributed by atoms with Crippen LogP contribution in [-0.4, -0.2) is 72.0 Å². The minimum Gasteiger partial charge on any atom is -0.388 e. The number of benzene rings is 1. The highest BCUT2D eigenvalue weighted by atomic mass is 32.2. The van der Waals surface area contributed by atoms with Crippen LogP contribution in [0.1, 0.15) is 36.2 Å². The number of rotatable bonds is 13. The van der Waals surface area contributed by atoms with E-state index in [0.29, 0.717) is 30.3 Å². The number of carbonyl (C=O) groups excluding carboxylic acids is 1. The molecule has 0 saturated carbocycles. The van der Waals surface area contributed by atoms with Gasteiger partial charge >= 0.3 is 18.0 Å². The number of amides is 1. The summed E-state index contributed by atoms with van der Waals surface area (Å²) in [5.41, 5.74) is -1.01. The van der Waals surface area contributed by atoms with E-state index in [1.807, 2.05) is 0 Å². The average molecular weight is 660 g/mol. The number of hydrogen-bond acceptors (Lipinski definition) is 10. The van der Waals surface area contributed by atoms with Crippen molar-refractivity contribution in [1.29, 1.82) is 0 Å². The fourth-order valence-electron chi connectivity index (χ4n) is 3.49. The maximum absolute atomic E-state index is 15.2. The number of nitro benzene ring substituents is 1. The van der Waals surface area contributed by atoms with Crippen LogP contribution in [-0.2, 0) is 17.2 Å². The van der Waals surface area contributed by atoms with Gasteiger partial charge in [-0.3, -0.25) is 19.9 Å². The lowest BCUT2D eigenvalue weighted by Crippen LogP contribution is -2.50. The summed E-state index contributed by atoms with van der Waals surface area (Å²) < 4.78 is 115. The highest BCUT2D eigenvalue weighted by molar-refractivity contribution is 7.99. The predicted octanol–water partition coefficient (Wildman–Crippen LogP) is 4.50. The number of aryl methyl sites for hydroxylation is 1. The summed E-state index contributed by atoms with van der Waals surface area (Å²) in [6.45, 7) is 3.28. The molecule has 0 fully saturated rings. The van der Waals surface area contributed by atoms with Gasteiger partial charge < -0.3 is 15.6 Å². The number of tetrazole rings is 1. The number of pyridine rings is 1. The van der Waals surface area contributed by atoms with E-state index in [0.717, 1.165) is 0 Å². The van der Waals surface area contributed by atoms with Crippen molar-refractivity contribution in [3.8, 4) is 11.3 Å². The smallest absolute Gasteiger partial charge is 0.388 e.